The largest absolute Gasteiger partial charge is 0.535 e. The summed E-state index contributed by atoms with van der Waals surface area (Å²) in [5.41, 5.74) is 0.899. The molecule has 6 nitrogen and oxygen atoms in total. The molecule has 2 fully saturated rings. The molecule has 0 spiro atoms. The highest BCUT2D eigenvalue weighted by atomic mass is 16.5. The summed E-state index contributed by atoms with van der Waals surface area (Å²) < 4.78 is 11.1. The number of aromatic carboxylic acids is 1. The number of hydrogen-bond acceptors (Lipinski definition) is 5. The van der Waals surface area contributed by atoms with E-state index in [9.17, 15) is 14.9 Å². The van der Waals surface area contributed by atoms with Crippen molar-refractivity contribution in [1.82, 2.24) is 5.32 Å². The second-order valence-electron chi connectivity index (χ2n) is 5.57. The van der Waals surface area contributed by atoms with Crippen LogP contribution >= 0.6 is 0 Å². The summed E-state index contributed by atoms with van der Waals surface area (Å²) in [5.74, 6) is -0.184. The van der Waals surface area contributed by atoms with Gasteiger partial charge in [0.1, 0.15) is 23.2 Å². The lowest BCUT2D eigenvalue weighted by Gasteiger charge is -2.29. The second-order valence-corrected chi connectivity index (χ2v) is 5.57. The van der Waals surface area contributed by atoms with Crippen molar-refractivity contribution in [3.05, 3.63) is 23.3 Å². The van der Waals surface area contributed by atoms with Crippen LogP contribution in [0.25, 0.3) is 0 Å². The number of carboxylic acids is 1. The zero-order valence-corrected chi connectivity index (χ0v) is 10.7. The third-order valence-corrected chi connectivity index (χ3v) is 4.25. The summed E-state index contributed by atoms with van der Waals surface area (Å²) in [6.07, 6.45) is 0.841. The minimum atomic E-state index is -1.09. The summed E-state index contributed by atoms with van der Waals surface area (Å²) >= 11 is 0. The predicted octanol–water partition coefficient (Wildman–Crippen LogP) is 0.466. The van der Waals surface area contributed by atoms with Crippen molar-refractivity contribution in [2.45, 2.75) is 24.3 Å². The molecule has 1 aromatic carbocycles. The molecular weight excluding hydrogens is 261 g/mol. The van der Waals surface area contributed by atoms with Crippen LogP contribution in [-0.2, 0) is 0 Å². The molecule has 1 aliphatic carbocycles. The first kappa shape index (κ1) is 12.0. The fourth-order valence-electron chi connectivity index (χ4n) is 2.92. The molecule has 0 aromatic heterocycles. The van der Waals surface area contributed by atoms with Crippen LogP contribution in [0.1, 0.15) is 28.3 Å². The van der Waals surface area contributed by atoms with Crippen molar-refractivity contribution in [3.63, 3.8) is 0 Å². The maximum atomic E-state index is 11.6. The summed E-state index contributed by atoms with van der Waals surface area (Å²) in [7, 11) is -0.911. The van der Waals surface area contributed by atoms with Crippen molar-refractivity contribution in [2.75, 3.05) is 13.1 Å². The maximum absolute atomic E-state index is 11.6. The van der Waals surface area contributed by atoms with E-state index in [1.807, 2.05) is 6.07 Å². The van der Waals surface area contributed by atoms with E-state index in [4.69, 9.17) is 9.39 Å². The average molecular weight is 275 g/mol. The van der Waals surface area contributed by atoms with Crippen LogP contribution in [0, 0.1) is 0 Å². The van der Waals surface area contributed by atoms with Gasteiger partial charge in [-0.25, -0.2) is 4.79 Å². The topological polar surface area (TPSA) is 88.0 Å². The Hall–Kier alpha value is -1.73. The number of carboxylic acid groups (broad SMARTS) is 1. The number of carbonyl (C=O) groups is 1. The Labute approximate surface area is 115 Å². The van der Waals surface area contributed by atoms with Gasteiger partial charge in [-0.15, -0.1) is 0 Å². The molecule has 1 aromatic rings. The molecule has 4 rings (SSSR count). The monoisotopic (exact) mass is 275 g/mol. The van der Waals surface area contributed by atoms with E-state index in [1.165, 1.54) is 0 Å². The van der Waals surface area contributed by atoms with Crippen molar-refractivity contribution < 1.29 is 24.3 Å². The minimum Gasteiger partial charge on any atom is -0.535 e. The molecule has 0 unspecified atom stereocenters. The fraction of sp³-hybridized carbons (Fsp3) is 0.462. The van der Waals surface area contributed by atoms with E-state index in [-0.39, 0.29) is 29.2 Å². The molecule has 0 bridgehead atoms. The lowest BCUT2D eigenvalue weighted by atomic mass is 9.77. The zero-order valence-electron chi connectivity index (χ0n) is 10.7. The molecule has 7 heteroatoms. The Morgan fingerprint density at radius 1 is 1.45 bits per heavy atom. The molecule has 3 N–H and O–H groups in total. The standard InChI is InChI=1S/C13H14BNO5/c16-13(17)11-10(19-6-4-15-5-6)2-1-7-8-3-9(8)14(18)20-12(7)11/h1-2,6,8-9,15,18H,3-5H2,(H,16,17)/t8-,9-/m1/s1. The Balaban J connectivity index is 1.76. The molecule has 2 aliphatic heterocycles. The van der Waals surface area contributed by atoms with Crippen molar-refractivity contribution in [1.29, 1.82) is 0 Å². The third kappa shape index (κ3) is 1.70. The lowest BCUT2D eigenvalue weighted by molar-refractivity contribution is 0.0681. The van der Waals surface area contributed by atoms with Gasteiger partial charge < -0.3 is 24.8 Å². The average Bonchev–Trinajstić information content (AvgIpc) is 3.13. The molecule has 2 atom stereocenters. The number of fused-ring (bicyclic) bond motifs is 3. The molecule has 104 valence electrons. The number of benzene rings is 1. The Kier molecular flexibility index (Phi) is 2.49. The smallest absolute Gasteiger partial charge is 0.526 e. The van der Waals surface area contributed by atoms with E-state index < -0.39 is 13.1 Å². The summed E-state index contributed by atoms with van der Waals surface area (Å²) in [4.78, 5) is 11.6. The minimum absolute atomic E-state index is 0.00617. The van der Waals surface area contributed by atoms with E-state index >= 15 is 0 Å². The molecule has 1 saturated heterocycles. The lowest BCUT2D eigenvalue weighted by Crippen LogP contribution is -2.50. The van der Waals surface area contributed by atoms with Gasteiger partial charge in [0.05, 0.1) is 0 Å². The molecule has 2 heterocycles. The van der Waals surface area contributed by atoms with Gasteiger partial charge >= 0.3 is 13.1 Å². The van der Waals surface area contributed by atoms with Crippen LogP contribution in [0.3, 0.4) is 0 Å². The van der Waals surface area contributed by atoms with Gasteiger partial charge in [0.25, 0.3) is 0 Å². The summed E-state index contributed by atoms with van der Waals surface area (Å²) in [5, 5.41) is 22.4. The van der Waals surface area contributed by atoms with Gasteiger partial charge in [0.15, 0.2) is 0 Å². The normalized spacial score (nSPS) is 26.9. The number of hydrogen-bond donors (Lipinski definition) is 3. The molecule has 3 aliphatic rings. The van der Waals surface area contributed by atoms with E-state index in [0.29, 0.717) is 18.8 Å². The van der Waals surface area contributed by atoms with Crippen molar-refractivity contribution in [3.8, 4) is 11.5 Å². The van der Waals surface area contributed by atoms with Crippen molar-refractivity contribution in [2.24, 2.45) is 0 Å². The zero-order chi connectivity index (χ0) is 13.9. The predicted molar refractivity (Wildman–Crippen MR) is 70.4 cm³/mol. The molecular formula is C13H14BNO5. The Bertz CT molecular complexity index is 588. The number of ether oxygens (including phenoxy) is 1. The quantitative estimate of drug-likeness (QED) is 0.695. The molecule has 0 radical (unpaired) electrons. The second kappa shape index (κ2) is 4.13. The van der Waals surface area contributed by atoms with Crippen LogP contribution in [0.4, 0.5) is 0 Å². The van der Waals surface area contributed by atoms with Crippen molar-refractivity contribution >= 4 is 13.1 Å². The van der Waals surface area contributed by atoms with E-state index in [2.05, 4.69) is 5.32 Å². The van der Waals surface area contributed by atoms with Gasteiger partial charge in [-0.05, 0) is 24.0 Å². The highest BCUT2D eigenvalue weighted by molar-refractivity contribution is 6.48. The van der Waals surface area contributed by atoms with Crippen LogP contribution in [0.2, 0.25) is 5.82 Å². The van der Waals surface area contributed by atoms with Crippen LogP contribution < -0.4 is 14.7 Å². The van der Waals surface area contributed by atoms with Gasteiger partial charge in [0, 0.05) is 18.9 Å². The fourth-order valence-corrected chi connectivity index (χ4v) is 2.92. The molecule has 1 saturated carbocycles. The Morgan fingerprint density at radius 2 is 2.25 bits per heavy atom. The van der Waals surface area contributed by atoms with E-state index in [0.717, 1.165) is 12.0 Å². The highest BCUT2D eigenvalue weighted by Crippen LogP contribution is 2.60. The first-order chi connectivity index (χ1) is 9.65. The number of nitrogens with one attached hydrogen (secondary N) is 1. The van der Waals surface area contributed by atoms with Crippen LogP contribution in [0.15, 0.2) is 12.1 Å². The van der Waals surface area contributed by atoms with Gasteiger partial charge in [-0.3, -0.25) is 0 Å². The summed E-state index contributed by atoms with van der Waals surface area (Å²) in [6, 6.07) is 3.57. The van der Waals surface area contributed by atoms with E-state index in [1.54, 1.807) is 6.07 Å². The SMILES string of the molecule is O=C(O)c1c(OC2CNC2)ccc2c1OB(O)[C@@H]1C[C@H]21. The molecule has 20 heavy (non-hydrogen) atoms. The summed E-state index contributed by atoms with van der Waals surface area (Å²) in [6.45, 7) is 1.43. The first-order valence-corrected chi connectivity index (χ1v) is 6.77. The maximum Gasteiger partial charge on any atom is 0.526 e. The highest BCUT2D eigenvalue weighted by Gasteiger charge is 2.54. The third-order valence-electron chi connectivity index (χ3n) is 4.25. The van der Waals surface area contributed by atoms with Gasteiger partial charge in [0.2, 0.25) is 0 Å². The van der Waals surface area contributed by atoms with Gasteiger partial charge in [-0.2, -0.15) is 0 Å². The van der Waals surface area contributed by atoms with Gasteiger partial charge in [-0.1, -0.05) is 6.07 Å². The molecule has 0 amide bonds. The number of rotatable bonds is 3. The van der Waals surface area contributed by atoms with Crippen LogP contribution in [-0.4, -0.2) is 42.4 Å². The Morgan fingerprint density at radius 3 is 2.90 bits per heavy atom. The first-order valence-electron chi connectivity index (χ1n) is 6.77. The van der Waals surface area contributed by atoms with Crippen LogP contribution in [0.5, 0.6) is 11.5 Å².